The first kappa shape index (κ1) is 21.7. The van der Waals surface area contributed by atoms with Gasteiger partial charge in [0, 0.05) is 9.50 Å². The Kier molecular flexibility index (Phi) is 7.32. The van der Waals surface area contributed by atoms with E-state index in [9.17, 15) is 4.79 Å². The molecular formula is C22H18BrClN2O4. The Hall–Kier alpha value is -3.03. The highest BCUT2D eigenvalue weighted by Crippen LogP contribution is 2.23. The normalized spacial score (nSPS) is 11.1. The van der Waals surface area contributed by atoms with E-state index in [-0.39, 0.29) is 5.84 Å². The number of methoxy groups -OCH3 is 1. The van der Waals surface area contributed by atoms with Gasteiger partial charge in [0.05, 0.1) is 18.2 Å². The van der Waals surface area contributed by atoms with Crippen LogP contribution in [0.2, 0.25) is 5.02 Å². The van der Waals surface area contributed by atoms with Crippen molar-refractivity contribution < 1.29 is 19.1 Å². The highest BCUT2D eigenvalue weighted by molar-refractivity contribution is 9.10. The molecule has 0 fully saturated rings. The summed E-state index contributed by atoms with van der Waals surface area (Å²) in [6, 6.07) is 19.3. The third-order valence-electron chi connectivity index (χ3n) is 4.03. The Morgan fingerprint density at radius 1 is 1.10 bits per heavy atom. The van der Waals surface area contributed by atoms with Crippen LogP contribution < -0.4 is 15.2 Å². The summed E-state index contributed by atoms with van der Waals surface area (Å²) in [4.78, 5) is 17.4. The lowest BCUT2D eigenvalue weighted by atomic mass is 10.1. The SMILES string of the molecule is COc1ccc(Cl)cc1/C(N)=N/OC(=O)c1cccc(COc2cccc(Br)c2)c1. The van der Waals surface area contributed by atoms with Gasteiger partial charge >= 0.3 is 5.97 Å². The van der Waals surface area contributed by atoms with Crippen molar-refractivity contribution in [2.45, 2.75) is 6.61 Å². The van der Waals surface area contributed by atoms with Gasteiger partial charge in [0.25, 0.3) is 0 Å². The van der Waals surface area contributed by atoms with Crippen LogP contribution in [0.5, 0.6) is 11.5 Å². The minimum absolute atomic E-state index is 0.0307. The number of amidine groups is 1. The van der Waals surface area contributed by atoms with Crippen LogP contribution in [-0.2, 0) is 11.4 Å². The predicted octanol–water partition coefficient (Wildman–Crippen LogP) is 5.17. The first-order valence-electron chi connectivity index (χ1n) is 8.82. The molecule has 0 aromatic heterocycles. The van der Waals surface area contributed by atoms with E-state index in [4.69, 9.17) is 31.6 Å². The fourth-order valence-electron chi connectivity index (χ4n) is 2.58. The van der Waals surface area contributed by atoms with Crippen molar-refractivity contribution in [3.63, 3.8) is 0 Å². The minimum Gasteiger partial charge on any atom is -0.496 e. The predicted molar refractivity (Wildman–Crippen MR) is 119 cm³/mol. The van der Waals surface area contributed by atoms with Gasteiger partial charge in [-0.2, -0.15) is 0 Å². The van der Waals surface area contributed by atoms with E-state index >= 15 is 0 Å². The molecule has 3 rings (SSSR count). The second-order valence-corrected chi connectivity index (χ2v) is 7.50. The van der Waals surface area contributed by atoms with Crippen LogP contribution in [0.25, 0.3) is 0 Å². The van der Waals surface area contributed by atoms with Crippen LogP contribution in [-0.4, -0.2) is 18.9 Å². The standard InChI is InChI=1S/C22H18BrClN2O4/c1-28-20-9-8-17(24)12-19(20)21(25)26-30-22(27)15-5-2-4-14(10-15)13-29-18-7-3-6-16(23)11-18/h2-12H,13H2,1H3,(H2,25,26). The van der Waals surface area contributed by atoms with Crippen molar-refractivity contribution in [2.24, 2.45) is 10.9 Å². The molecule has 0 bridgehead atoms. The number of nitrogens with zero attached hydrogens (tertiary/aromatic N) is 1. The molecule has 154 valence electrons. The maximum atomic E-state index is 12.4. The quantitative estimate of drug-likeness (QED) is 0.214. The van der Waals surface area contributed by atoms with Crippen molar-refractivity contribution in [3.05, 3.63) is 92.9 Å². The number of ether oxygens (including phenoxy) is 2. The molecule has 0 unspecified atom stereocenters. The summed E-state index contributed by atoms with van der Waals surface area (Å²) in [5.74, 6) is 0.494. The van der Waals surface area contributed by atoms with E-state index in [0.717, 1.165) is 10.0 Å². The smallest absolute Gasteiger partial charge is 0.365 e. The highest BCUT2D eigenvalue weighted by atomic mass is 79.9. The second-order valence-electron chi connectivity index (χ2n) is 6.15. The molecular weight excluding hydrogens is 472 g/mol. The van der Waals surface area contributed by atoms with Gasteiger partial charge in [0.1, 0.15) is 18.1 Å². The summed E-state index contributed by atoms with van der Waals surface area (Å²) >= 11 is 9.39. The van der Waals surface area contributed by atoms with Gasteiger partial charge in [0.2, 0.25) is 0 Å². The molecule has 0 saturated heterocycles. The first-order valence-corrected chi connectivity index (χ1v) is 9.99. The molecule has 0 aliphatic carbocycles. The second kappa shape index (κ2) is 10.1. The van der Waals surface area contributed by atoms with Gasteiger partial charge < -0.3 is 20.0 Å². The van der Waals surface area contributed by atoms with Gasteiger partial charge in [0.15, 0.2) is 5.84 Å². The molecule has 8 heteroatoms. The lowest BCUT2D eigenvalue weighted by Gasteiger charge is -2.09. The van der Waals surface area contributed by atoms with Crippen LogP contribution in [0.15, 0.2) is 76.4 Å². The van der Waals surface area contributed by atoms with Crippen LogP contribution in [0.1, 0.15) is 21.5 Å². The van der Waals surface area contributed by atoms with Crippen molar-refractivity contribution in [3.8, 4) is 11.5 Å². The number of hydrogen-bond donors (Lipinski definition) is 1. The van der Waals surface area contributed by atoms with Gasteiger partial charge in [-0.15, -0.1) is 0 Å². The zero-order valence-corrected chi connectivity index (χ0v) is 18.3. The lowest BCUT2D eigenvalue weighted by molar-refractivity contribution is 0.0515. The van der Waals surface area contributed by atoms with E-state index in [1.165, 1.54) is 7.11 Å². The van der Waals surface area contributed by atoms with Gasteiger partial charge in [-0.05, 0) is 54.1 Å². The number of oxime groups is 1. The summed E-state index contributed by atoms with van der Waals surface area (Å²) < 4.78 is 11.9. The Morgan fingerprint density at radius 2 is 1.90 bits per heavy atom. The largest absolute Gasteiger partial charge is 0.496 e. The van der Waals surface area contributed by atoms with Crippen LogP contribution in [0, 0.1) is 0 Å². The van der Waals surface area contributed by atoms with E-state index in [1.54, 1.807) is 36.4 Å². The molecule has 3 aromatic rings. The molecule has 0 amide bonds. The number of carbonyl (C=O) groups is 1. The summed E-state index contributed by atoms with van der Waals surface area (Å²) in [5, 5.41) is 4.18. The van der Waals surface area contributed by atoms with Crippen LogP contribution in [0.4, 0.5) is 0 Å². The molecule has 0 saturated carbocycles. The third kappa shape index (κ3) is 5.75. The zero-order chi connectivity index (χ0) is 21.5. The number of nitrogens with two attached hydrogens (primary N) is 1. The monoisotopic (exact) mass is 488 g/mol. The average Bonchev–Trinajstić information content (AvgIpc) is 2.76. The first-order chi connectivity index (χ1) is 14.5. The Labute approximate surface area is 187 Å². The topological polar surface area (TPSA) is 83.1 Å². The van der Waals surface area contributed by atoms with Crippen LogP contribution in [0.3, 0.4) is 0 Å². The molecule has 0 aliphatic rings. The number of hydrogen-bond acceptors (Lipinski definition) is 5. The summed E-state index contributed by atoms with van der Waals surface area (Å²) in [7, 11) is 1.49. The average molecular weight is 490 g/mol. The fourth-order valence-corrected chi connectivity index (χ4v) is 3.13. The summed E-state index contributed by atoms with van der Waals surface area (Å²) in [5.41, 5.74) is 7.48. The van der Waals surface area contributed by atoms with Gasteiger partial charge in [-0.1, -0.05) is 50.9 Å². The lowest BCUT2D eigenvalue weighted by Crippen LogP contribution is -2.16. The van der Waals surface area contributed by atoms with Crippen molar-refractivity contribution in [1.82, 2.24) is 0 Å². The number of benzene rings is 3. The highest BCUT2D eigenvalue weighted by Gasteiger charge is 2.12. The van der Waals surface area contributed by atoms with Crippen molar-refractivity contribution >= 4 is 39.3 Å². The molecule has 0 atom stereocenters. The maximum Gasteiger partial charge on any atom is 0.365 e. The summed E-state index contributed by atoms with van der Waals surface area (Å²) in [6.45, 7) is 0.294. The Bertz CT molecular complexity index is 1090. The van der Waals surface area contributed by atoms with Crippen molar-refractivity contribution in [1.29, 1.82) is 0 Å². The number of halogens is 2. The van der Waals surface area contributed by atoms with Crippen molar-refractivity contribution in [2.75, 3.05) is 7.11 Å². The third-order valence-corrected chi connectivity index (χ3v) is 4.76. The van der Waals surface area contributed by atoms with Gasteiger partial charge in [-0.3, -0.25) is 0 Å². The molecule has 0 spiro atoms. The molecule has 30 heavy (non-hydrogen) atoms. The fraction of sp³-hybridized carbons (Fsp3) is 0.0909. The number of carbonyl (C=O) groups excluding carboxylic acids is 1. The number of rotatable bonds is 7. The maximum absolute atomic E-state index is 12.4. The molecule has 3 aromatic carbocycles. The molecule has 6 nitrogen and oxygen atoms in total. The minimum atomic E-state index is -0.650. The van der Waals surface area contributed by atoms with E-state index in [1.807, 2.05) is 30.3 Å². The summed E-state index contributed by atoms with van der Waals surface area (Å²) in [6.07, 6.45) is 0. The molecule has 0 aliphatic heterocycles. The molecule has 0 radical (unpaired) electrons. The molecule has 2 N–H and O–H groups in total. The van der Waals surface area contributed by atoms with Crippen LogP contribution >= 0.6 is 27.5 Å². The van der Waals surface area contributed by atoms with E-state index in [0.29, 0.717) is 34.3 Å². The Balaban J connectivity index is 1.68. The molecule has 0 heterocycles. The zero-order valence-electron chi connectivity index (χ0n) is 16.0. The Morgan fingerprint density at radius 3 is 2.67 bits per heavy atom. The van der Waals surface area contributed by atoms with Gasteiger partial charge in [-0.25, -0.2) is 4.79 Å². The van der Waals surface area contributed by atoms with E-state index < -0.39 is 5.97 Å². The van der Waals surface area contributed by atoms with E-state index in [2.05, 4.69) is 21.1 Å².